The van der Waals surface area contributed by atoms with Crippen molar-refractivity contribution in [3.05, 3.63) is 12.4 Å². The second kappa shape index (κ2) is 7.38. The van der Waals surface area contributed by atoms with Crippen LogP contribution in [-0.4, -0.2) is 44.7 Å². The number of Topliss-reactive ketones (excluding diaryl/α,β-unsaturated/α-hetero) is 1. The van der Waals surface area contributed by atoms with Crippen LogP contribution >= 0.6 is 0 Å². The van der Waals surface area contributed by atoms with Crippen LogP contribution in [0.3, 0.4) is 0 Å². The van der Waals surface area contributed by atoms with E-state index in [1.807, 2.05) is 6.92 Å². The van der Waals surface area contributed by atoms with Gasteiger partial charge in [-0.1, -0.05) is 13.8 Å². The maximum atomic E-state index is 13.2. The number of hydrogen-bond acceptors (Lipinski definition) is 5. The summed E-state index contributed by atoms with van der Waals surface area (Å²) in [5.74, 6) is 3.03. The number of nitrogens with zero attached hydrogens (tertiary/aromatic N) is 3. The molecular weight excluding hydrogens is 390 g/mol. The summed E-state index contributed by atoms with van der Waals surface area (Å²) in [6.07, 6.45) is 12.0. The minimum Gasteiger partial charge on any atom is -0.387 e. The Hall–Kier alpha value is -1.27. The summed E-state index contributed by atoms with van der Waals surface area (Å²) in [6.45, 7) is 7.16. The first-order chi connectivity index (χ1) is 14.7. The normalized spacial score (nSPS) is 49.2. The van der Waals surface area contributed by atoms with Gasteiger partial charge in [-0.25, -0.2) is 0 Å². The Kier molecular flexibility index (Phi) is 5.13. The number of ether oxygens (including phenoxy) is 1. The molecule has 1 aromatic rings. The molecule has 0 bridgehead atoms. The molecule has 4 fully saturated rings. The van der Waals surface area contributed by atoms with E-state index < -0.39 is 5.60 Å². The van der Waals surface area contributed by atoms with Gasteiger partial charge in [0, 0.05) is 13.0 Å². The number of fused-ring (bicyclic) bond motifs is 5. The number of carbonyl (C=O) groups excluding carboxylic acids is 1. The Bertz CT molecular complexity index is 824. The zero-order valence-corrected chi connectivity index (χ0v) is 19.6. The summed E-state index contributed by atoms with van der Waals surface area (Å²) in [5, 5.41) is 19.3. The van der Waals surface area contributed by atoms with Crippen LogP contribution in [0.2, 0.25) is 0 Å². The minimum atomic E-state index is -0.722. The third-order valence-electron chi connectivity index (χ3n) is 10.5. The first kappa shape index (κ1) is 21.6. The minimum absolute atomic E-state index is 0.0831. The highest BCUT2D eigenvalue weighted by Crippen LogP contribution is 2.68. The average Bonchev–Trinajstić information content (AvgIpc) is 3.34. The Balaban J connectivity index is 1.37. The number of hydrogen-bond donors (Lipinski definition) is 1. The highest BCUT2D eigenvalue weighted by Gasteiger charge is 2.63. The number of rotatable bonds is 4. The van der Waals surface area contributed by atoms with Gasteiger partial charge in [-0.15, -0.1) is 0 Å². The highest BCUT2D eigenvalue weighted by atomic mass is 16.5. The molecule has 6 nitrogen and oxygen atoms in total. The molecule has 4 aliphatic carbocycles. The Morgan fingerprint density at radius 1 is 1.03 bits per heavy atom. The number of carbonyl (C=O) groups is 1. The van der Waals surface area contributed by atoms with Crippen LogP contribution in [0.1, 0.15) is 72.1 Å². The standard InChI is InChI=1S/C25H39N3O3/c1-23-10-9-19-17(6-5-16-13-25(3,30)22(31-4)14-24(16,19)2)18(23)7-8-20(23)21(29)15-28-26-11-12-27-28/h11-12,16-20,22,30H,5-10,13-15H2,1-4H3/t16-,17-,18-,19-,20+,22-,23-,24-,25-/m0/s1. The second-order valence-corrected chi connectivity index (χ2v) is 11.8. The molecule has 0 spiro atoms. The molecule has 1 N–H and O–H groups in total. The van der Waals surface area contributed by atoms with E-state index in [1.54, 1.807) is 19.5 Å². The molecule has 1 aromatic heterocycles. The van der Waals surface area contributed by atoms with E-state index in [-0.39, 0.29) is 22.9 Å². The number of aromatic nitrogens is 3. The molecule has 0 saturated heterocycles. The predicted molar refractivity (Wildman–Crippen MR) is 117 cm³/mol. The van der Waals surface area contributed by atoms with Crippen molar-refractivity contribution in [3.8, 4) is 0 Å². The van der Waals surface area contributed by atoms with Crippen molar-refractivity contribution in [1.29, 1.82) is 0 Å². The first-order valence-corrected chi connectivity index (χ1v) is 12.3. The molecule has 6 heteroatoms. The lowest BCUT2D eigenvalue weighted by Crippen LogP contribution is -2.60. The summed E-state index contributed by atoms with van der Waals surface area (Å²) in [6, 6.07) is 0. The zero-order valence-electron chi connectivity index (χ0n) is 19.6. The molecule has 4 saturated carbocycles. The fourth-order valence-electron chi connectivity index (χ4n) is 8.88. The predicted octanol–water partition coefficient (Wildman–Crippen LogP) is 3.88. The maximum absolute atomic E-state index is 13.2. The lowest BCUT2D eigenvalue weighted by Gasteiger charge is -2.63. The summed E-state index contributed by atoms with van der Waals surface area (Å²) in [4.78, 5) is 14.8. The van der Waals surface area contributed by atoms with Crippen molar-refractivity contribution in [3.63, 3.8) is 0 Å². The third-order valence-corrected chi connectivity index (χ3v) is 10.5. The molecule has 0 amide bonds. The van der Waals surface area contributed by atoms with Crippen molar-refractivity contribution in [2.75, 3.05) is 7.11 Å². The van der Waals surface area contributed by atoms with Crippen molar-refractivity contribution in [2.45, 2.75) is 90.4 Å². The van der Waals surface area contributed by atoms with Gasteiger partial charge < -0.3 is 9.84 Å². The number of ketones is 1. The quantitative estimate of drug-likeness (QED) is 0.786. The van der Waals surface area contributed by atoms with Crippen molar-refractivity contribution < 1.29 is 14.6 Å². The molecule has 1 heterocycles. The monoisotopic (exact) mass is 429 g/mol. The van der Waals surface area contributed by atoms with Gasteiger partial charge in [-0.05, 0) is 92.8 Å². The highest BCUT2D eigenvalue weighted by molar-refractivity contribution is 5.82. The third kappa shape index (κ3) is 3.23. The van der Waals surface area contributed by atoms with Gasteiger partial charge in [0.05, 0.1) is 24.1 Å². The van der Waals surface area contributed by atoms with Gasteiger partial charge >= 0.3 is 0 Å². The van der Waals surface area contributed by atoms with Gasteiger partial charge in [-0.2, -0.15) is 15.0 Å². The lowest BCUT2D eigenvalue weighted by atomic mass is 9.43. The molecule has 5 rings (SSSR count). The second-order valence-electron chi connectivity index (χ2n) is 11.8. The lowest BCUT2D eigenvalue weighted by molar-refractivity contribution is -0.198. The summed E-state index contributed by atoms with van der Waals surface area (Å²) in [5.41, 5.74) is -0.385. The summed E-state index contributed by atoms with van der Waals surface area (Å²) < 4.78 is 5.80. The molecule has 0 aromatic carbocycles. The van der Waals surface area contributed by atoms with Gasteiger partial charge in [-0.3, -0.25) is 4.79 Å². The van der Waals surface area contributed by atoms with Crippen LogP contribution in [-0.2, 0) is 16.1 Å². The van der Waals surface area contributed by atoms with Crippen molar-refractivity contribution >= 4 is 5.78 Å². The Morgan fingerprint density at radius 2 is 1.74 bits per heavy atom. The van der Waals surface area contributed by atoms with Gasteiger partial charge in [0.25, 0.3) is 0 Å². The van der Waals surface area contributed by atoms with Gasteiger partial charge in [0.2, 0.25) is 0 Å². The van der Waals surface area contributed by atoms with E-state index in [2.05, 4.69) is 24.0 Å². The number of aliphatic hydroxyl groups is 1. The molecular formula is C25H39N3O3. The molecule has 0 radical (unpaired) electrons. The van der Waals surface area contributed by atoms with Crippen LogP contribution in [0.25, 0.3) is 0 Å². The van der Waals surface area contributed by atoms with E-state index in [4.69, 9.17) is 4.74 Å². The first-order valence-electron chi connectivity index (χ1n) is 12.3. The van der Waals surface area contributed by atoms with Crippen molar-refractivity contribution in [1.82, 2.24) is 15.0 Å². The Morgan fingerprint density at radius 3 is 2.45 bits per heavy atom. The van der Waals surface area contributed by atoms with Crippen LogP contribution in [0, 0.1) is 40.4 Å². The van der Waals surface area contributed by atoms with E-state index in [0.717, 1.165) is 25.7 Å². The fraction of sp³-hybridized carbons (Fsp3) is 0.880. The zero-order chi connectivity index (χ0) is 22.0. The molecule has 31 heavy (non-hydrogen) atoms. The van der Waals surface area contributed by atoms with Crippen LogP contribution in [0.4, 0.5) is 0 Å². The maximum Gasteiger partial charge on any atom is 0.159 e. The van der Waals surface area contributed by atoms with E-state index in [1.165, 1.54) is 30.5 Å². The number of methoxy groups -OCH3 is 1. The molecule has 172 valence electrons. The van der Waals surface area contributed by atoms with Crippen molar-refractivity contribution in [2.24, 2.45) is 40.4 Å². The molecule has 9 atom stereocenters. The van der Waals surface area contributed by atoms with Crippen LogP contribution < -0.4 is 0 Å². The largest absolute Gasteiger partial charge is 0.387 e. The molecule has 0 aliphatic heterocycles. The SMILES string of the molecule is CO[C@H]1C[C@@]2(C)[C@@H](CC[C@@H]3[C@@H]2CC[C@]2(C)[C@@H](C(=O)Cn4nccn4)CC[C@@H]32)C[C@]1(C)O. The Labute approximate surface area is 186 Å². The van der Waals surface area contributed by atoms with Gasteiger partial charge in [0.1, 0.15) is 6.54 Å². The van der Waals surface area contributed by atoms with E-state index >= 15 is 0 Å². The fourth-order valence-corrected chi connectivity index (χ4v) is 8.88. The summed E-state index contributed by atoms with van der Waals surface area (Å²) >= 11 is 0. The van der Waals surface area contributed by atoms with E-state index in [9.17, 15) is 9.90 Å². The van der Waals surface area contributed by atoms with Crippen LogP contribution in [0.15, 0.2) is 12.4 Å². The summed E-state index contributed by atoms with van der Waals surface area (Å²) in [7, 11) is 1.75. The van der Waals surface area contributed by atoms with Gasteiger partial charge in [0.15, 0.2) is 5.78 Å². The van der Waals surface area contributed by atoms with E-state index in [0.29, 0.717) is 36.0 Å². The topological polar surface area (TPSA) is 77.2 Å². The average molecular weight is 430 g/mol. The smallest absolute Gasteiger partial charge is 0.159 e. The van der Waals surface area contributed by atoms with Crippen LogP contribution in [0.5, 0.6) is 0 Å². The molecule has 4 aliphatic rings. The molecule has 0 unspecified atom stereocenters.